The summed E-state index contributed by atoms with van der Waals surface area (Å²) in [5.41, 5.74) is 0.822. The van der Waals surface area contributed by atoms with Crippen molar-refractivity contribution >= 4 is 17.4 Å². The molecule has 25 heavy (non-hydrogen) atoms. The first-order valence-electron chi connectivity index (χ1n) is 7.16. The Morgan fingerprint density at radius 2 is 1.80 bits per heavy atom. The molecule has 0 amide bonds. The summed E-state index contributed by atoms with van der Waals surface area (Å²) >= 11 is 4.82. The lowest BCUT2D eigenvalue weighted by molar-refractivity contribution is 0.0551. The van der Waals surface area contributed by atoms with Crippen LogP contribution in [0.2, 0.25) is 0 Å². The highest BCUT2D eigenvalue weighted by Gasteiger charge is 2.35. The van der Waals surface area contributed by atoms with E-state index in [-0.39, 0.29) is 18.2 Å². The number of nitrogens with zero attached hydrogens (tertiary/aromatic N) is 2. The maximum Gasteiger partial charge on any atom is 0.400 e. The first-order valence-corrected chi connectivity index (χ1v) is 7.53. The fourth-order valence-corrected chi connectivity index (χ4v) is 2.09. The van der Waals surface area contributed by atoms with Crippen LogP contribution in [0.4, 0.5) is 8.78 Å². The molecular weight excluding hydrogens is 354 g/mol. The van der Waals surface area contributed by atoms with E-state index in [4.69, 9.17) is 16.3 Å². The highest BCUT2D eigenvalue weighted by molar-refractivity contribution is 6.21. The van der Waals surface area contributed by atoms with Crippen LogP contribution in [0, 0.1) is 0 Å². The first kappa shape index (κ1) is 17.0. The molecule has 8 heteroatoms. The van der Waals surface area contributed by atoms with Crippen LogP contribution in [-0.4, -0.2) is 22.5 Å². The zero-order valence-corrected chi connectivity index (χ0v) is 13.4. The second-order valence-electron chi connectivity index (χ2n) is 5.02. The third kappa shape index (κ3) is 4.19. The monoisotopic (exact) mass is 364 g/mol. The van der Waals surface area contributed by atoms with E-state index in [0.717, 1.165) is 0 Å². The SMILES string of the molecule is O=C(COc1ccccc1)c1ccc(-c2noc(C(F)(F)Cl)n2)cc1. The van der Waals surface area contributed by atoms with E-state index in [0.29, 0.717) is 16.9 Å². The summed E-state index contributed by atoms with van der Waals surface area (Å²) in [7, 11) is 0. The first-order chi connectivity index (χ1) is 11.9. The van der Waals surface area contributed by atoms with Gasteiger partial charge < -0.3 is 9.26 Å². The predicted octanol–water partition coefficient (Wildman–Crippen LogP) is 4.29. The molecular formula is C17H11ClF2N2O3. The van der Waals surface area contributed by atoms with Crippen LogP contribution >= 0.6 is 11.6 Å². The number of carbonyl (C=O) groups is 1. The van der Waals surface area contributed by atoms with Crippen molar-refractivity contribution < 1.29 is 22.8 Å². The number of benzene rings is 2. The van der Waals surface area contributed by atoms with Crippen LogP contribution in [0.1, 0.15) is 16.2 Å². The molecule has 3 rings (SSSR count). The van der Waals surface area contributed by atoms with E-state index in [1.807, 2.05) is 6.07 Å². The minimum absolute atomic E-state index is 0.0464. The number of alkyl halides is 3. The molecule has 0 spiro atoms. The number of para-hydroxylation sites is 1. The van der Waals surface area contributed by atoms with Crippen molar-refractivity contribution in [3.63, 3.8) is 0 Å². The van der Waals surface area contributed by atoms with Crippen molar-refractivity contribution in [2.24, 2.45) is 0 Å². The molecule has 0 aliphatic rings. The number of hydrogen-bond acceptors (Lipinski definition) is 5. The van der Waals surface area contributed by atoms with Crippen molar-refractivity contribution in [1.29, 1.82) is 0 Å². The normalized spacial score (nSPS) is 11.3. The molecule has 0 N–H and O–H groups in total. The lowest BCUT2D eigenvalue weighted by atomic mass is 10.1. The molecule has 0 saturated carbocycles. The van der Waals surface area contributed by atoms with Gasteiger partial charge in [0.1, 0.15) is 5.75 Å². The molecule has 128 valence electrons. The molecule has 1 aromatic heterocycles. The quantitative estimate of drug-likeness (QED) is 0.482. The molecule has 2 aromatic carbocycles. The Morgan fingerprint density at radius 1 is 1.12 bits per heavy atom. The van der Waals surface area contributed by atoms with Gasteiger partial charge in [0, 0.05) is 11.1 Å². The van der Waals surface area contributed by atoms with Gasteiger partial charge in [0.2, 0.25) is 5.82 Å². The second-order valence-corrected chi connectivity index (χ2v) is 5.50. The number of halogens is 3. The number of ketones is 1. The van der Waals surface area contributed by atoms with Gasteiger partial charge in [-0.05, 0) is 23.7 Å². The van der Waals surface area contributed by atoms with Crippen LogP contribution in [0.25, 0.3) is 11.4 Å². The maximum absolute atomic E-state index is 12.9. The predicted molar refractivity (Wildman–Crippen MR) is 85.7 cm³/mol. The molecule has 3 aromatic rings. The summed E-state index contributed by atoms with van der Waals surface area (Å²) in [5, 5.41) is -0.283. The largest absolute Gasteiger partial charge is 0.485 e. The zero-order chi connectivity index (χ0) is 17.9. The van der Waals surface area contributed by atoms with Gasteiger partial charge in [-0.1, -0.05) is 47.6 Å². The van der Waals surface area contributed by atoms with Crippen LogP contribution in [0.15, 0.2) is 59.1 Å². The lowest BCUT2D eigenvalue weighted by Gasteiger charge is -2.05. The average Bonchev–Trinajstić information content (AvgIpc) is 3.11. The number of carbonyl (C=O) groups excluding carboxylic acids is 1. The zero-order valence-electron chi connectivity index (χ0n) is 12.7. The molecule has 0 saturated heterocycles. The van der Waals surface area contributed by atoms with Gasteiger partial charge in [-0.2, -0.15) is 13.8 Å². The number of rotatable bonds is 6. The maximum atomic E-state index is 12.9. The summed E-state index contributed by atoms with van der Waals surface area (Å²) in [6.07, 6.45) is 0. The Balaban J connectivity index is 1.67. The van der Waals surface area contributed by atoms with E-state index in [9.17, 15) is 13.6 Å². The second kappa shape index (κ2) is 6.98. The molecule has 0 aliphatic carbocycles. The highest BCUT2D eigenvalue weighted by atomic mass is 35.5. The third-order valence-electron chi connectivity index (χ3n) is 3.25. The van der Waals surface area contributed by atoms with Crippen molar-refractivity contribution in [2.45, 2.75) is 5.38 Å². The minimum atomic E-state index is -3.73. The summed E-state index contributed by atoms with van der Waals surface area (Å²) in [5.74, 6) is -0.666. The molecule has 1 heterocycles. The van der Waals surface area contributed by atoms with E-state index in [1.54, 1.807) is 24.3 Å². The Labute approximate surface area is 146 Å². The van der Waals surface area contributed by atoms with Crippen molar-refractivity contribution in [3.8, 4) is 17.1 Å². The van der Waals surface area contributed by atoms with Crippen LogP contribution in [-0.2, 0) is 5.38 Å². The van der Waals surface area contributed by atoms with E-state index in [1.165, 1.54) is 24.3 Å². The average molecular weight is 365 g/mol. The number of Topliss-reactive ketones (excluding diaryl/α,β-unsaturated/α-hetero) is 1. The molecule has 0 bridgehead atoms. The lowest BCUT2D eigenvalue weighted by Crippen LogP contribution is -2.11. The Bertz CT molecular complexity index is 862. The summed E-state index contributed by atoms with van der Waals surface area (Å²) in [4.78, 5) is 15.6. The van der Waals surface area contributed by atoms with Gasteiger partial charge in [-0.3, -0.25) is 4.79 Å². The standard InChI is InChI=1S/C17H11ClF2N2O3/c18-17(19,20)16-21-15(22-25-16)12-8-6-11(7-9-12)14(23)10-24-13-4-2-1-3-5-13/h1-9H,10H2. The van der Waals surface area contributed by atoms with Gasteiger partial charge in [-0.25, -0.2) is 0 Å². The number of hydrogen-bond donors (Lipinski definition) is 0. The topological polar surface area (TPSA) is 65.2 Å². The van der Waals surface area contributed by atoms with Gasteiger partial charge in [0.25, 0.3) is 0 Å². The summed E-state index contributed by atoms with van der Waals surface area (Å²) in [6, 6.07) is 15.1. The van der Waals surface area contributed by atoms with Crippen LogP contribution in [0.3, 0.4) is 0 Å². The summed E-state index contributed by atoms with van der Waals surface area (Å²) < 4.78 is 35.6. The van der Waals surface area contributed by atoms with Crippen LogP contribution in [0.5, 0.6) is 5.75 Å². The van der Waals surface area contributed by atoms with Crippen molar-refractivity contribution in [3.05, 3.63) is 66.1 Å². The van der Waals surface area contributed by atoms with E-state index < -0.39 is 11.3 Å². The third-order valence-corrected chi connectivity index (χ3v) is 3.41. The number of aromatic nitrogens is 2. The molecule has 0 aliphatic heterocycles. The highest BCUT2D eigenvalue weighted by Crippen LogP contribution is 2.32. The molecule has 0 radical (unpaired) electrons. The Kier molecular flexibility index (Phi) is 4.76. The fraction of sp³-hybridized carbons (Fsp3) is 0.118. The smallest absolute Gasteiger partial charge is 0.400 e. The molecule has 0 atom stereocenters. The van der Waals surface area contributed by atoms with E-state index in [2.05, 4.69) is 14.7 Å². The Hall–Kier alpha value is -2.80. The Morgan fingerprint density at radius 3 is 2.40 bits per heavy atom. The van der Waals surface area contributed by atoms with Gasteiger partial charge in [0.05, 0.1) is 0 Å². The van der Waals surface area contributed by atoms with Gasteiger partial charge in [-0.15, -0.1) is 0 Å². The number of ether oxygens (including phenoxy) is 1. The summed E-state index contributed by atoms with van der Waals surface area (Å²) in [6.45, 7) is -0.117. The molecule has 0 fully saturated rings. The fourth-order valence-electron chi connectivity index (χ4n) is 2.01. The van der Waals surface area contributed by atoms with Gasteiger partial charge >= 0.3 is 11.3 Å². The van der Waals surface area contributed by atoms with Crippen molar-refractivity contribution in [1.82, 2.24) is 10.1 Å². The minimum Gasteiger partial charge on any atom is -0.485 e. The van der Waals surface area contributed by atoms with Gasteiger partial charge in [0.15, 0.2) is 12.4 Å². The molecule has 0 unspecified atom stereocenters. The molecule has 5 nitrogen and oxygen atoms in total. The van der Waals surface area contributed by atoms with Crippen molar-refractivity contribution in [2.75, 3.05) is 6.61 Å². The van der Waals surface area contributed by atoms with E-state index >= 15 is 0 Å². The van der Waals surface area contributed by atoms with Crippen LogP contribution < -0.4 is 4.74 Å².